The van der Waals surface area contributed by atoms with Gasteiger partial charge in [-0.15, -0.1) is 0 Å². The van der Waals surface area contributed by atoms with Gasteiger partial charge in [0.25, 0.3) is 5.91 Å². The van der Waals surface area contributed by atoms with Gasteiger partial charge in [-0.25, -0.2) is 13.2 Å². The Balaban J connectivity index is 2.24. The van der Waals surface area contributed by atoms with Gasteiger partial charge in [0.2, 0.25) is 0 Å². The predicted molar refractivity (Wildman–Crippen MR) is 80.0 cm³/mol. The maximum Gasteiger partial charge on any atom is 0.266 e. The lowest BCUT2D eigenvalue weighted by Crippen LogP contribution is -2.13. The van der Waals surface area contributed by atoms with Crippen LogP contribution in [0.25, 0.3) is 6.08 Å². The first-order valence-electron chi connectivity index (χ1n) is 6.24. The highest BCUT2D eigenvalue weighted by molar-refractivity contribution is 6.31. The van der Waals surface area contributed by atoms with Crippen LogP contribution in [0, 0.1) is 28.8 Å². The van der Waals surface area contributed by atoms with Crippen molar-refractivity contribution in [2.75, 3.05) is 5.32 Å². The average Bonchev–Trinajstić information content (AvgIpc) is 2.52. The topological polar surface area (TPSA) is 52.9 Å². The fourth-order valence-corrected chi connectivity index (χ4v) is 1.87. The normalized spacial score (nSPS) is 11.0. The smallest absolute Gasteiger partial charge is 0.266 e. The molecular formula is C16H8ClF3N2O. The summed E-state index contributed by atoms with van der Waals surface area (Å²) < 4.78 is 39.0. The van der Waals surface area contributed by atoms with Crippen molar-refractivity contribution in [3.05, 3.63) is 70.0 Å². The minimum absolute atomic E-state index is 0.146. The van der Waals surface area contributed by atoms with Gasteiger partial charge in [-0.05, 0) is 42.0 Å². The van der Waals surface area contributed by atoms with E-state index in [1.807, 2.05) is 0 Å². The SMILES string of the molecule is N#C/C(=C\c1ccc(F)c(F)c1)C(=O)Nc1ccc(F)c(Cl)c1. The molecule has 0 radical (unpaired) electrons. The molecule has 116 valence electrons. The Kier molecular flexibility index (Phi) is 5.04. The fraction of sp³-hybridized carbons (Fsp3) is 0. The molecule has 2 aromatic carbocycles. The molecule has 7 heteroatoms. The Bertz CT molecular complexity index is 844. The number of carbonyl (C=O) groups excluding carboxylic acids is 1. The lowest BCUT2D eigenvalue weighted by Gasteiger charge is -2.05. The maximum absolute atomic E-state index is 13.1. The molecule has 0 aromatic heterocycles. The number of nitriles is 1. The molecule has 23 heavy (non-hydrogen) atoms. The number of benzene rings is 2. The molecular weight excluding hydrogens is 329 g/mol. The van der Waals surface area contributed by atoms with Crippen LogP contribution in [0.15, 0.2) is 42.0 Å². The van der Waals surface area contributed by atoms with Crippen molar-refractivity contribution in [2.24, 2.45) is 0 Å². The van der Waals surface area contributed by atoms with E-state index in [4.69, 9.17) is 16.9 Å². The lowest BCUT2D eigenvalue weighted by molar-refractivity contribution is -0.112. The van der Waals surface area contributed by atoms with Crippen molar-refractivity contribution in [1.82, 2.24) is 0 Å². The fourth-order valence-electron chi connectivity index (χ4n) is 1.69. The van der Waals surface area contributed by atoms with E-state index in [9.17, 15) is 18.0 Å². The number of nitrogens with one attached hydrogen (secondary N) is 1. The van der Waals surface area contributed by atoms with Crippen LogP contribution in [-0.2, 0) is 4.79 Å². The largest absolute Gasteiger partial charge is 0.321 e. The zero-order valence-electron chi connectivity index (χ0n) is 11.4. The van der Waals surface area contributed by atoms with Crippen LogP contribution in [0.3, 0.4) is 0 Å². The number of anilines is 1. The summed E-state index contributed by atoms with van der Waals surface area (Å²) in [5, 5.41) is 11.2. The molecule has 0 saturated carbocycles. The summed E-state index contributed by atoms with van der Waals surface area (Å²) in [5.74, 6) is -3.57. The monoisotopic (exact) mass is 336 g/mol. The molecule has 1 amide bonds. The molecule has 0 saturated heterocycles. The number of amides is 1. The quantitative estimate of drug-likeness (QED) is 0.671. The zero-order chi connectivity index (χ0) is 17.0. The second-order valence-electron chi connectivity index (χ2n) is 4.43. The van der Waals surface area contributed by atoms with Crippen LogP contribution in [0.5, 0.6) is 0 Å². The third-order valence-electron chi connectivity index (χ3n) is 2.80. The molecule has 0 heterocycles. The lowest BCUT2D eigenvalue weighted by atomic mass is 10.1. The molecule has 2 aromatic rings. The Morgan fingerprint density at radius 3 is 2.39 bits per heavy atom. The Labute approximate surface area is 134 Å². The van der Waals surface area contributed by atoms with E-state index in [1.54, 1.807) is 6.07 Å². The molecule has 1 N–H and O–H groups in total. The minimum Gasteiger partial charge on any atom is -0.321 e. The molecule has 0 bridgehead atoms. The van der Waals surface area contributed by atoms with Gasteiger partial charge < -0.3 is 5.32 Å². The van der Waals surface area contributed by atoms with Gasteiger partial charge in [0.15, 0.2) is 11.6 Å². The first kappa shape index (κ1) is 16.6. The number of nitrogens with zero attached hydrogens (tertiary/aromatic N) is 1. The van der Waals surface area contributed by atoms with Crippen molar-refractivity contribution in [1.29, 1.82) is 5.26 Å². The van der Waals surface area contributed by atoms with E-state index in [1.165, 1.54) is 18.2 Å². The van der Waals surface area contributed by atoms with Gasteiger partial charge in [0.05, 0.1) is 5.02 Å². The van der Waals surface area contributed by atoms with Crippen LogP contribution in [0.1, 0.15) is 5.56 Å². The first-order chi connectivity index (χ1) is 10.9. The van der Waals surface area contributed by atoms with Gasteiger partial charge in [-0.2, -0.15) is 5.26 Å². The zero-order valence-corrected chi connectivity index (χ0v) is 12.2. The summed E-state index contributed by atoms with van der Waals surface area (Å²) in [6.45, 7) is 0. The first-order valence-corrected chi connectivity index (χ1v) is 6.62. The predicted octanol–water partition coefficient (Wildman–Crippen LogP) is 4.30. The minimum atomic E-state index is -1.10. The van der Waals surface area contributed by atoms with Crippen LogP contribution in [0.4, 0.5) is 18.9 Å². The molecule has 0 aliphatic carbocycles. The standard InChI is InChI=1S/C16H8ClF3N2O/c17-12-7-11(2-4-13(12)18)22-16(23)10(8-21)5-9-1-3-14(19)15(20)6-9/h1-7H,(H,22,23)/b10-5+. The Morgan fingerprint density at radius 2 is 1.78 bits per heavy atom. The van der Waals surface area contributed by atoms with E-state index in [0.29, 0.717) is 0 Å². The third-order valence-corrected chi connectivity index (χ3v) is 3.09. The summed E-state index contributed by atoms with van der Waals surface area (Å²) in [6.07, 6.45) is 1.10. The van der Waals surface area contributed by atoms with Crippen molar-refractivity contribution >= 4 is 29.3 Å². The molecule has 2 rings (SSSR count). The van der Waals surface area contributed by atoms with Crippen molar-refractivity contribution < 1.29 is 18.0 Å². The van der Waals surface area contributed by atoms with Crippen molar-refractivity contribution in [3.8, 4) is 6.07 Å². The van der Waals surface area contributed by atoms with Crippen LogP contribution >= 0.6 is 11.6 Å². The van der Waals surface area contributed by atoms with Gasteiger partial charge in [-0.3, -0.25) is 4.79 Å². The number of rotatable bonds is 3. The number of carbonyl (C=O) groups is 1. The highest BCUT2D eigenvalue weighted by atomic mass is 35.5. The van der Waals surface area contributed by atoms with E-state index < -0.39 is 23.4 Å². The summed E-state index contributed by atoms with van der Waals surface area (Å²) in [5.41, 5.74) is -0.00275. The van der Waals surface area contributed by atoms with Crippen molar-refractivity contribution in [2.45, 2.75) is 0 Å². The number of halogens is 4. The van der Waals surface area contributed by atoms with Crippen LogP contribution in [0.2, 0.25) is 5.02 Å². The van der Waals surface area contributed by atoms with Crippen molar-refractivity contribution in [3.63, 3.8) is 0 Å². The molecule has 0 aliphatic rings. The molecule has 0 unspecified atom stereocenters. The van der Waals surface area contributed by atoms with Crippen LogP contribution in [-0.4, -0.2) is 5.91 Å². The van der Waals surface area contributed by atoms with Gasteiger partial charge in [-0.1, -0.05) is 17.7 Å². The molecule has 0 aliphatic heterocycles. The second-order valence-corrected chi connectivity index (χ2v) is 4.83. The van der Waals surface area contributed by atoms with Gasteiger partial charge in [0, 0.05) is 5.69 Å². The van der Waals surface area contributed by atoms with E-state index in [-0.39, 0.29) is 21.8 Å². The molecule has 0 spiro atoms. The van der Waals surface area contributed by atoms with E-state index in [0.717, 1.165) is 24.3 Å². The number of hydrogen-bond acceptors (Lipinski definition) is 2. The third kappa shape index (κ3) is 4.11. The molecule has 3 nitrogen and oxygen atoms in total. The summed E-state index contributed by atoms with van der Waals surface area (Å²) in [6, 6.07) is 8.13. The molecule has 0 atom stereocenters. The molecule has 0 fully saturated rings. The average molecular weight is 337 g/mol. The van der Waals surface area contributed by atoms with Crippen LogP contribution < -0.4 is 5.32 Å². The summed E-state index contributed by atoms with van der Waals surface area (Å²) in [4.78, 5) is 12.0. The Hall–Kier alpha value is -2.78. The number of hydrogen-bond donors (Lipinski definition) is 1. The Morgan fingerprint density at radius 1 is 1.09 bits per heavy atom. The second kappa shape index (κ2) is 6.99. The summed E-state index contributed by atoms with van der Waals surface area (Å²) in [7, 11) is 0. The van der Waals surface area contributed by atoms with E-state index >= 15 is 0 Å². The summed E-state index contributed by atoms with van der Waals surface area (Å²) >= 11 is 5.59. The highest BCUT2D eigenvalue weighted by Gasteiger charge is 2.11. The van der Waals surface area contributed by atoms with Gasteiger partial charge >= 0.3 is 0 Å². The maximum atomic E-state index is 13.1. The highest BCUT2D eigenvalue weighted by Crippen LogP contribution is 2.20. The van der Waals surface area contributed by atoms with Gasteiger partial charge in [0.1, 0.15) is 17.5 Å². The van der Waals surface area contributed by atoms with E-state index in [2.05, 4.69) is 5.32 Å².